The van der Waals surface area contributed by atoms with E-state index < -0.39 is 17.5 Å². The first kappa shape index (κ1) is 18.5. The highest BCUT2D eigenvalue weighted by Crippen LogP contribution is 2.37. The predicted octanol–water partition coefficient (Wildman–Crippen LogP) is 1.38. The van der Waals surface area contributed by atoms with Crippen LogP contribution in [0.5, 0.6) is 11.5 Å². The lowest BCUT2D eigenvalue weighted by atomic mass is 9.91. The molecule has 1 aromatic rings. The van der Waals surface area contributed by atoms with Gasteiger partial charge in [-0.15, -0.1) is 13.2 Å². The Kier molecular flexibility index (Phi) is 4.89. The average molecular weight is 371 g/mol. The van der Waals surface area contributed by atoms with Crippen molar-refractivity contribution in [2.75, 3.05) is 26.4 Å². The Morgan fingerprint density at radius 3 is 2.59 bits per heavy atom. The first-order valence-corrected chi connectivity index (χ1v) is 8.44. The summed E-state index contributed by atoms with van der Waals surface area (Å²) in [6, 6.07) is 4.42. The highest BCUT2D eigenvalue weighted by Gasteiger charge is 2.50. The summed E-state index contributed by atoms with van der Waals surface area (Å²) in [6.07, 6.45) is 3.15. The predicted molar refractivity (Wildman–Crippen MR) is 97.1 cm³/mol. The maximum absolute atomic E-state index is 13.0. The van der Waals surface area contributed by atoms with Crippen molar-refractivity contribution < 1.29 is 23.9 Å². The second-order valence-electron chi connectivity index (χ2n) is 6.39. The largest absolute Gasteiger partial charge is 0.454 e. The third-order valence-corrected chi connectivity index (χ3v) is 4.57. The van der Waals surface area contributed by atoms with Crippen LogP contribution in [0.25, 0.3) is 0 Å². The maximum Gasteiger partial charge on any atom is 0.325 e. The summed E-state index contributed by atoms with van der Waals surface area (Å²) in [7, 11) is 0. The zero-order chi connectivity index (χ0) is 19.6. The summed E-state index contributed by atoms with van der Waals surface area (Å²) in [6.45, 7) is 9.17. The van der Waals surface area contributed by atoms with Crippen LogP contribution in [0, 0.1) is 0 Å². The van der Waals surface area contributed by atoms with Crippen LogP contribution in [0.1, 0.15) is 12.5 Å². The zero-order valence-electron chi connectivity index (χ0n) is 15.1. The first-order chi connectivity index (χ1) is 12.9. The van der Waals surface area contributed by atoms with Crippen LogP contribution in [0.3, 0.4) is 0 Å². The van der Waals surface area contributed by atoms with Crippen LogP contribution < -0.4 is 14.8 Å². The van der Waals surface area contributed by atoms with Crippen LogP contribution in [0.15, 0.2) is 43.5 Å². The van der Waals surface area contributed by atoms with Crippen LogP contribution in [-0.2, 0) is 15.1 Å². The van der Waals surface area contributed by atoms with E-state index in [2.05, 4.69) is 18.5 Å². The number of imide groups is 1. The molecule has 0 radical (unpaired) electrons. The van der Waals surface area contributed by atoms with E-state index in [4.69, 9.17) is 9.47 Å². The summed E-state index contributed by atoms with van der Waals surface area (Å²) in [5.41, 5.74) is -0.742. The molecule has 1 fully saturated rings. The molecule has 2 aliphatic rings. The quantitative estimate of drug-likeness (QED) is 0.578. The Bertz CT molecular complexity index is 812. The third kappa shape index (κ3) is 3.25. The Morgan fingerprint density at radius 2 is 1.93 bits per heavy atom. The number of fused-ring (bicyclic) bond motifs is 1. The van der Waals surface area contributed by atoms with Crippen LogP contribution >= 0.6 is 0 Å². The lowest BCUT2D eigenvalue weighted by Crippen LogP contribution is -2.44. The van der Waals surface area contributed by atoms with Crippen molar-refractivity contribution in [1.29, 1.82) is 0 Å². The van der Waals surface area contributed by atoms with Crippen LogP contribution in [0.4, 0.5) is 4.79 Å². The smallest absolute Gasteiger partial charge is 0.325 e. The SMILES string of the molecule is C=CCN(CC=C)C(=O)CN1C(=O)NC(C)(c2ccc3c(c2)OCO3)C1=O. The van der Waals surface area contributed by atoms with Gasteiger partial charge in [0.15, 0.2) is 11.5 Å². The number of amides is 4. The fourth-order valence-electron chi connectivity index (χ4n) is 3.07. The van der Waals surface area contributed by atoms with Gasteiger partial charge in [-0.3, -0.25) is 14.5 Å². The number of nitrogens with one attached hydrogen (secondary N) is 1. The molecule has 4 amide bonds. The van der Waals surface area contributed by atoms with Crippen molar-refractivity contribution in [1.82, 2.24) is 15.1 Å². The van der Waals surface area contributed by atoms with Crippen molar-refractivity contribution in [3.63, 3.8) is 0 Å². The lowest BCUT2D eigenvalue weighted by molar-refractivity contribution is -0.138. The molecule has 27 heavy (non-hydrogen) atoms. The van der Waals surface area contributed by atoms with Crippen molar-refractivity contribution >= 4 is 17.8 Å². The number of nitrogens with zero attached hydrogens (tertiary/aromatic N) is 2. The Hall–Kier alpha value is -3.29. The molecule has 8 heteroatoms. The monoisotopic (exact) mass is 371 g/mol. The standard InChI is InChI=1S/C19H21N3O5/c1-4-8-21(9-5-2)16(23)11-22-17(24)19(3,20-18(22)25)13-6-7-14-15(10-13)27-12-26-14/h4-7,10H,1-2,8-9,11-12H2,3H3,(H,20,25). The molecule has 1 saturated heterocycles. The van der Waals surface area contributed by atoms with E-state index in [1.54, 1.807) is 37.3 Å². The molecule has 3 rings (SSSR count). The zero-order valence-corrected chi connectivity index (χ0v) is 15.1. The molecule has 2 aliphatic heterocycles. The molecule has 1 N–H and O–H groups in total. The molecular weight excluding hydrogens is 350 g/mol. The molecule has 1 unspecified atom stereocenters. The molecule has 0 spiro atoms. The molecule has 0 saturated carbocycles. The van der Waals surface area contributed by atoms with Gasteiger partial charge in [0.05, 0.1) is 0 Å². The summed E-state index contributed by atoms with van der Waals surface area (Å²) in [5, 5.41) is 2.68. The number of hydrogen-bond donors (Lipinski definition) is 1. The van der Waals surface area contributed by atoms with Gasteiger partial charge in [-0.05, 0) is 24.6 Å². The number of rotatable bonds is 7. The number of ether oxygens (including phenoxy) is 2. The topological polar surface area (TPSA) is 88.2 Å². The minimum absolute atomic E-state index is 0.110. The number of hydrogen-bond acceptors (Lipinski definition) is 5. The molecule has 8 nitrogen and oxygen atoms in total. The van der Waals surface area contributed by atoms with Crippen molar-refractivity contribution in [3.05, 3.63) is 49.1 Å². The van der Waals surface area contributed by atoms with E-state index in [0.29, 0.717) is 30.2 Å². The maximum atomic E-state index is 13.0. The molecule has 0 aromatic heterocycles. The normalized spacial score (nSPS) is 20.4. The first-order valence-electron chi connectivity index (χ1n) is 8.44. The Labute approximate surface area is 157 Å². The molecule has 0 aliphatic carbocycles. The number of carbonyl (C=O) groups is 3. The number of urea groups is 1. The lowest BCUT2D eigenvalue weighted by Gasteiger charge is -2.24. The average Bonchev–Trinajstić information content (AvgIpc) is 3.20. The Morgan fingerprint density at radius 1 is 1.26 bits per heavy atom. The summed E-state index contributed by atoms with van der Waals surface area (Å²) >= 11 is 0. The molecule has 2 heterocycles. The number of benzene rings is 1. The third-order valence-electron chi connectivity index (χ3n) is 4.57. The van der Waals surface area contributed by atoms with E-state index in [1.807, 2.05) is 0 Å². The minimum atomic E-state index is -1.29. The van der Waals surface area contributed by atoms with E-state index in [0.717, 1.165) is 4.90 Å². The minimum Gasteiger partial charge on any atom is -0.454 e. The number of carbonyl (C=O) groups excluding carboxylic acids is 3. The fourth-order valence-corrected chi connectivity index (χ4v) is 3.07. The summed E-state index contributed by atoms with van der Waals surface area (Å²) in [5.74, 6) is 0.217. The van der Waals surface area contributed by atoms with Gasteiger partial charge < -0.3 is 19.7 Å². The highest BCUT2D eigenvalue weighted by atomic mass is 16.7. The van der Waals surface area contributed by atoms with Gasteiger partial charge in [0.2, 0.25) is 12.7 Å². The van der Waals surface area contributed by atoms with E-state index in [-0.39, 0.29) is 19.2 Å². The van der Waals surface area contributed by atoms with Gasteiger partial charge >= 0.3 is 6.03 Å². The van der Waals surface area contributed by atoms with Gasteiger partial charge in [-0.1, -0.05) is 18.2 Å². The van der Waals surface area contributed by atoms with Crippen molar-refractivity contribution in [3.8, 4) is 11.5 Å². The van der Waals surface area contributed by atoms with Gasteiger partial charge in [0, 0.05) is 13.1 Å². The van der Waals surface area contributed by atoms with Crippen molar-refractivity contribution in [2.24, 2.45) is 0 Å². The summed E-state index contributed by atoms with van der Waals surface area (Å²) < 4.78 is 10.6. The van der Waals surface area contributed by atoms with E-state index in [1.165, 1.54) is 4.90 Å². The fraction of sp³-hybridized carbons (Fsp3) is 0.316. The van der Waals surface area contributed by atoms with Gasteiger partial charge in [-0.2, -0.15) is 0 Å². The van der Waals surface area contributed by atoms with Crippen molar-refractivity contribution in [2.45, 2.75) is 12.5 Å². The Balaban J connectivity index is 1.81. The molecule has 0 bridgehead atoms. The molecule has 1 atom stereocenters. The van der Waals surface area contributed by atoms with E-state index >= 15 is 0 Å². The van der Waals surface area contributed by atoms with Crippen LogP contribution in [0.2, 0.25) is 0 Å². The van der Waals surface area contributed by atoms with Gasteiger partial charge in [0.25, 0.3) is 5.91 Å². The second kappa shape index (κ2) is 7.14. The highest BCUT2D eigenvalue weighted by molar-refractivity contribution is 6.09. The molecular formula is C19H21N3O5. The summed E-state index contributed by atoms with van der Waals surface area (Å²) in [4.78, 5) is 40.2. The van der Waals surface area contributed by atoms with Gasteiger partial charge in [0.1, 0.15) is 12.1 Å². The second-order valence-corrected chi connectivity index (χ2v) is 6.39. The molecule has 1 aromatic carbocycles. The van der Waals surface area contributed by atoms with E-state index in [9.17, 15) is 14.4 Å². The van der Waals surface area contributed by atoms with Gasteiger partial charge in [-0.25, -0.2) is 4.79 Å². The van der Waals surface area contributed by atoms with Crippen LogP contribution in [-0.4, -0.2) is 54.1 Å². The molecule has 142 valence electrons.